The maximum absolute atomic E-state index is 13.3. The normalized spacial score (nSPS) is 10.9. The molecule has 0 aliphatic rings. The topological polar surface area (TPSA) is 26.3 Å². The van der Waals surface area contributed by atoms with Gasteiger partial charge in [0.05, 0.1) is 6.61 Å². The highest BCUT2D eigenvalue weighted by Gasteiger charge is 2.10. The monoisotopic (exact) mass is 280 g/mol. The zero-order chi connectivity index (χ0) is 13.5. The molecule has 0 unspecified atom stereocenters. The fourth-order valence-corrected chi connectivity index (χ4v) is 1.53. The zero-order valence-corrected chi connectivity index (χ0v) is 10.2. The molecule has 100 valence electrons. The van der Waals surface area contributed by atoms with Gasteiger partial charge in [0.2, 0.25) is 0 Å². The first-order valence-corrected chi connectivity index (χ1v) is 5.68. The lowest BCUT2D eigenvalue weighted by atomic mass is 10.1. The Morgan fingerprint density at radius 2 is 2.11 bits per heavy atom. The summed E-state index contributed by atoms with van der Waals surface area (Å²) in [6.45, 7) is -0.788. The molecule has 0 aliphatic heterocycles. The van der Waals surface area contributed by atoms with Gasteiger partial charge in [-0.1, -0.05) is 11.6 Å². The molecule has 0 heterocycles. The van der Waals surface area contributed by atoms with Crippen molar-refractivity contribution >= 4 is 17.4 Å². The summed E-state index contributed by atoms with van der Waals surface area (Å²) in [7, 11) is 0. The van der Waals surface area contributed by atoms with Gasteiger partial charge in [0, 0.05) is 17.9 Å². The summed E-state index contributed by atoms with van der Waals surface area (Å²) in [5.41, 5.74) is 0.196. The van der Waals surface area contributed by atoms with Crippen LogP contribution in [0.2, 0.25) is 5.02 Å². The zero-order valence-electron chi connectivity index (χ0n) is 9.47. The van der Waals surface area contributed by atoms with Crippen molar-refractivity contribution in [2.24, 2.45) is 0 Å². The van der Waals surface area contributed by atoms with Crippen LogP contribution < -0.4 is 0 Å². The minimum Gasteiger partial charge on any atom is -0.375 e. The molecule has 18 heavy (non-hydrogen) atoms. The number of carbonyl (C=O) groups excluding carboxylic acids is 1. The van der Waals surface area contributed by atoms with E-state index in [9.17, 15) is 18.0 Å². The predicted molar refractivity (Wildman–Crippen MR) is 61.6 cm³/mol. The van der Waals surface area contributed by atoms with Crippen molar-refractivity contribution in [3.8, 4) is 0 Å². The van der Waals surface area contributed by atoms with E-state index in [0.29, 0.717) is 5.02 Å². The average Bonchev–Trinajstić information content (AvgIpc) is 2.29. The van der Waals surface area contributed by atoms with Gasteiger partial charge in [-0.05, 0) is 23.8 Å². The highest BCUT2D eigenvalue weighted by atomic mass is 35.5. The van der Waals surface area contributed by atoms with E-state index >= 15 is 0 Å². The highest BCUT2D eigenvalue weighted by Crippen LogP contribution is 2.16. The molecule has 0 saturated carbocycles. The maximum Gasteiger partial charge on any atom is 0.261 e. The number of ketones is 1. The number of rotatable bonds is 7. The predicted octanol–water partition coefficient (Wildman–Crippen LogP) is 3.26. The second kappa shape index (κ2) is 7.38. The third kappa shape index (κ3) is 5.51. The van der Waals surface area contributed by atoms with Crippen LogP contribution in [0, 0.1) is 5.82 Å². The Bertz CT molecular complexity index is 410. The number of alkyl halides is 2. The fourth-order valence-electron chi connectivity index (χ4n) is 1.34. The second-order valence-electron chi connectivity index (χ2n) is 3.67. The number of hydrogen-bond donors (Lipinski definition) is 0. The molecule has 6 heteroatoms. The lowest BCUT2D eigenvalue weighted by Crippen LogP contribution is -2.11. The van der Waals surface area contributed by atoms with Gasteiger partial charge in [0.1, 0.15) is 18.2 Å². The number of benzene rings is 1. The number of Topliss-reactive ketones (excluding diaryl/α,β-unsaturated/α-hetero) is 1. The molecular weight excluding hydrogens is 269 g/mol. The van der Waals surface area contributed by atoms with Crippen molar-refractivity contribution in [3.63, 3.8) is 0 Å². The van der Waals surface area contributed by atoms with Crippen LogP contribution in [0.25, 0.3) is 0 Å². The quantitative estimate of drug-likeness (QED) is 0.717. The molecule has 1 aromatic rings. The summed E-state index contributed by atoms with van der Waals surface area (Å²) in [5.74, 6) is -0.799. The van der Waals surface area contributed by atoms with Gasteiger partial charge in [-0.3, -0.25) is 4.79 Å². The van der Waals surface area contributed by atoms with Crippen LogP contribution in [0.15, 0.2) is 18.2 Å². The van der Waals surface area contributed by atoms with Crippen molar-refractivity contribution in [1.29, 1.82) is 0 Å². The van der Waals surface area contributed by atoms with Crippen LogP contribution in [-0.2, 0) is 16.0 Å². The fraction of sp³-hybridized carbons (Fsp3) is 0.417. The molecule has 1 rings (SSSR count). The number of hydrogen-bond acceptors (Lipinski definition) is 2. The molecule has 0 aromatic heterocycles. The van der Waals surface area contributed by atoms with Gasteiger partial charge < -0.3 is 4.74 Å². The summed E-state index contributed by atoms with van der Waals surface area (Å²) < 4.78 is 41.3. The Hall–Kier alpha value is -1.07. The smallest absolute Gasteiger partial charge is 0.261 e. The second-order valence-corrected chi connectivity index (χ2v) is 4.10. The molecule has 1 aromatic carbocycles. The van der Waals surface area contributed by atoms with Gasteiger partial charge in [-0.2, -0.15) is 0 Å². The van der Waals surface area contributed by atoms with Crippen LogP contribution in [0.3, 0.4) is 0 Å². The summed E-state index contributed by atoms with van der Waals surface area (Å²) in [6.07, 6.45) is -2.70. The lowest BCUT2D eigenvalue weighted by molar-refractivity contribution is -0.119. The van der Waals surface area contributed by atoms with Crippen LogP contribution in [0.1, 0.15) is 12.0 Å². The van der Waals surface area contributed by atoms with E-state index in [1.54, 1.807) is 0 Å². The first kappa shape index (κ1) is 15.0. The van der Waals surface area contributed by atoms with Crippen molar-refractivity contribution in [1.82, 2.24) is 0 Å². The first-order chi connectivity index (χ1) is 8.49. The molecule has 0 spiro atoms. The van der Waals surface area contributed by atoms with Crippen LogP contribution in [0.4, 0.5) is 13.2 Å². The van der Waals surface area contributed by atoms with E-state index in [-0.39, 0.29) is 30.8 Å². The minimum absolute atomic E-state index is 0.0291. The van der Waals surface area contributed by atoms with E-state index in [1.807, 2.05) is 0 Å². The van der Waals surface area contributed by atoms with Gasteiger partial charge in [-0.15, -0.1) is 0 Å². The Kier molecular flexibility index (Phi) is 6.15. The molecule has 0 radical (unpaired) electrons. The van der Waals surface area contributed by atoms with E-state index in [4.69, 9.17) is 11.6 Å². The Morgan fingerprint density at radius 3 is 2.78 bits per heavy atom. The molecule has 0 saturated heterocycles. The van der Waals surface area contributed by atoms with Crippen LogP contribution in [0.5, 0.6) is 0 Å². The molecule has 0 aliphatic carbocycles. The summed E-state index contributed by atoms with van der Waals surface area (Å²) >= 11 is 5.68. The Morgan fingerprint density at radius 1 is 1.39 bits per heavy atom. The maximum atomic E-state index is 13.3. The van der Waals surface area contributed by atoms with Gasteiger partial charge in [0.25, 0.3) is 6.43 Å². The third-order valence-corrected chi connectivity index (χ3v) is 2.40. The lowest BCUT2D eigenvalue weighted by Gasteiger charge is -2.05. The minimum atomic E-state index is -2.55. The summed E-state index contributed by atoms with van der Waals surface area (Å²) in [6, 6.07) is 3.93. The SMILES string of the molecule is O=C(CCOCC(F)F)Cc1cc(Cl)ccc1F. The first-order valence-electron chi connectivity index (χ1n) is 5.30. The van der Waals surface area contributed by atoms with Gasteiger partial charge in [0.15, 0.2) is 0 Å². The number of halogens is 4. The standard InChI is InChI=1S/C12H12ClF3O2/c13-9-1-2-11(14)8(5-9)6-10(17)3-4-18-7-12(15)16/h1-2,5,12H,3-4,6-7H2. The molecule has 0 fully saturated rings. The van der Waals surface area contributed by atoms with Crippen molar-refractivity contribution in [3.05, 3.63) is 34.6 Å². The largest absolute Gasteiger partial charge is 0.375 e. The summed E-state index contributed by atoms with van der Waals surface area (Å²) in [5, 5.41) is 0.341. The van der Waals surface area contributed by atoms with Crippen LogP contribution >= 0.6 is 11.6 Å². The van der Waals surface area contributed by atoms with E-state index in [1.165, 1.54) is 18.2 Å². The highest BCUT2D eigenvalue weighted by molar-refractivity contribution is 6.30. The summed E-state index contributed by atoms with van der Waals surface area (Å²) in [4.78, 5) is 11.4. The molecular formula is C12H12ClF3O2. The molecule has 2 nitrogen and oxygen atoms in total. The van der Waals surface area contributed by atoms with E-state index in [0.717, 1.165) is 0 Å². The van der Waals surface area contributed by atoms with Gasteiger partial charge in [-0.25, -0.2) is 13.2 Å². The molecule has 0 bridgehead atoms. The third-order valence-electron chi connectivity index (χ3n) is 2.16. The van der Waals surface area contributed by atoms with E-state index in [2.05, 4.69) is 4.74 Å². The number of ether oxygens (including phenoxy) is 1. The number of carbonyl (C=O) groups is 1. The van der Waals surface area contributed by atoms with E-state index < -0.39 is 18.8 Å². The molecule has 0 N–H and O–H groups in total. The van der Waals surface area contributed by atoms with Crippen molar-refractivity contribution in [2.75, 3.05) is 13.2 Å². The molecule has 0 amide bonds. The average molecular weight is 281 g/mol. The molecule has 0 atom stereocenters. The Balaban J connectivity index is 2.38. The van der Waals surface area contributed by atoms with Crippen molar-refractivity contribution in [2.45, 2.75) is 19.3 Å². The van der Waals surface area contributed by atoms with Crippen molar-refractivity contribution < 1.29 is 22.7 Å². The van der Waals surface area contributed by atoms with Crippen LogP contribution in [-0.4, -0.2) is 25.4 Å². The van der Waals surface area contributed by atoms with Gasteiger partial charge >= 0.3 is 0 Å². The Labute approximate surface area is 108 Å².